The van der Waals surface area contributed by atoms with E-state index in [0.29, 0.717) is 11.6 Å². The molecule has 1 aromatic heterocycles. The predicted molar refractivity (Wildman–Crippen MR) is 62.9 cm³/mol. The molecule has 2 heterocycles. The molecule has 0 spiro atoms. The van der Waals surface area contributed by atoms with Crippen LogP contribution >= 0.6 is 0 Å². The number of carbonyl (C=O) groups is 1. The molecule has 0 saturated heterocycles. The number of fused-ring (bicyclic) bond motifs is 1. The first kappa shape index (κ1) is 10.5. The van der Waals surface area contributed by atoms with Crippen LogP contribution < -0.4 is 15.4 Å². The number of nitrogens with one attached hydrogen (secondary N) is 2. The molecule has 0 aromatic carbocycles. The van der Waals surface area contributed by atoms with Gasteiger partial charge in [0.15, 0.2) is 17.7 Å². The van der Waals surface area contributed by atoms with Crippen molar-refractivity contribution in [2.75, 3.05) is 18.9 Å². The Hall–Kier alpha value is -1.62. The van der Waals surface area contributed by atoms with E-state index in [0.717, 1.165) is 19.4 Å². The van der Waals surface area contributed by atoms with E-state index >= 15 is 0 Å². The molecule has 5 nitrogen and oxygen atoms in total. The number of ether oxygens (including phenoxy) is 1. The van der Waals surface area contributed by atoms with Crippen LogP contribution in [0.3, 0.4) is 0 Å². The zero-order chi connectivity index (χ0) is 11.9. The van der Waals surface area contributed by atoms with E-state index < -0.39 is 6.10 Å². The smallest absolute Gasteiger partial charge is 0.267 e. The normalized spacial score (nSPS) is 24.5. The minimum absolute atomic E-state index is 0.0354. The third kappa shape index (κ3) is 1.67. The maximum absolute atomic E-state index is 12.0. The molecule has 1 amide bonds. The third-order valence-corrected chi connectivity index (χ3v) is 3.47. The molecule has 17 heavy (non-hydrogen) atoms. The summed E-state index contributed by atoms with van der Waals surface area (Å²) in [5.74, 6) is 1.11. The van der Waals surface area contributed by atoms with Gasteiger partial charge in [-0.2, -0.15) is 0 Å². The largest absolute Gasteiger partial charge is 0.476 e. The van der Waals surface area contributed by atoms with E-state index in [-0.39, 0.29) is 11.3 Å². The molecule has 1 unspecified atom stereocenters. The van der Waals surface area contributed by atoms with Crippen molar-refractivity contribution >= 4 is 11.7 Å². The van der Waals surface area contributed by atoms with Gasteiger partial charge in [0.05, 0.1) is 0 Å². The minimum Gasteiger partial charge on any atom is -0.476 e. The quantitative estimate of drug-likeness (QED) is 0.810. The van der Waals surface area contributed by atoms with Crippen LogP contribution in [0.25, 0.3) is 0 Å². The van der Waals surface area contributed by atoms with Crippen molar-refractivity contribution in [2.24, 2.45) is 5.41 Å². The highest BCUT2D eigenvalue weighted by Gasteiger charge is 2.55. The lowest BCUT2D eigenvalue weighted by Gasteiger charge is -2.30. The van der Waals surface area contributed by atoms with Gasteiger partial charge in [0.2, 0.25) is 0 Å². The van der Waals surface area contributed by atoms with Crippen molar-refractivity contribution in [1.82, 2.24) is 10.3 Å². The summed E-state index contributed by atoms with van der Waals surface area (Å²) in [5.41, 5.74) is -0.0354. The molecule has 2 N–H and O–H groups in total. The summed E-state index contributed by atoms with van der Waals surface area (Å²) >= 11 is 0. The fourth-order valence-electron chi connectivity index (χ4n) is 2.39. The first-order valence-corrected chi connectivity index (χ1v) is 5.82. The average Bonchev–Trinajstić information content (AvgIpc) is 3.09. The van der Waals surface area contributed by atoms with Crippen LogP contribution in [0, 0.1) is 5.41 Å². The summed E-state index contributed by atoms with van der Waals surface area (Å²) in [6.45, 7) is 0.806. The Labute approximate surface area is 99.6 Å². The monoisotopic (exact) mass is 233 g/mol. The predicted octanol–water partition coefficient (Wildman–Crippen LogP) is 0.781. The van der Waals surface area contributed by atoms with Gasteiger partial charge in [-0.3, -0.25) is 4.79 Å². The molecule has 0 bridgehead atoms. The lowest BCUT2D eigenvalue weighted by atomic mass is 9.97. The molecule has 2 aliphatic rings. The highest BCUT2D eigenvalue weighted by atomic mass is 16.5. The number of hydrogen-bond acceptors (Lipinski definition) is 4. The van der Waals surface area contributed by atoms with Crippen molar-refractivity contribution < 1.29 is 9.53 Å². The summed E-state index contributed by atoms with van der Waals surface area (Å²) in [4.78, 5) is 16.1. The van der Waals surface area contributed by atoms with E-state index in [9.17, 15) is 4.79 Å². The Morgan fingerprint density at radius 1 is 1.65 bits per heavy atom. The second-order valence-corrected chi connectivity index (χ2v) is 4.73. The van der Waals surface area contributed by atoms with E-state index in [1.807, 2.05) is 19.2 Å². The van der Waals surface area contributed by atoms with E-state index in [1.54, 1.807) is 6.20 Å². The maximum atomic E-state index is 12.0. The highest BCUT2D eigenvalue weighted by Crippen LogP contribution is 2.51. The summed E-state index contributed by atoms with van der Waals surface area (Å²) in [6.07, 6.45) is 3.30. The average molecular weight is 233 g/mol. The van der Waals surface area contributed by atoms with E-state index in [4.69, 9.17) is 4.74 Å². The Morgan fingerprint density at radius 2 is 2.47 bits per heavy atom. The number of aromatic nitrogens is 1. The third-order valence-electron chi connectivity index (χ3n) is 3.47. The molecule has 1 fully saturated rings. The zero-order valence-corrected chi connectivity index (χ0v) is 9.69. The summed E-state index contributed by atoms with van der Waals surface area (Å²) in [6, 6.07) is 3.65. The molecule has 5 heteroatoms. The summed E-state index contributed by atoms with van der Waals surface area (Å²) in [7, 11) is 1.90. The Balaban J connectivity index is 1.87. The molecule has 1 aliphatic carbocycles. The number of pyridine rings is 1. The van der Waals surface area contributed by atoms with Crippen LogP contribution in [0.15, 0.2) is 18.3 Å². The molecular weight excluding hydrogens is 218 g/mol. The number of nitrogens with zero attached hydrogens (tertiary/aromatic N) is 1. The molecule has 0 radical (unpaired) electrons. The second-order valence-electron chi connectivity index (χ2n) is 4.73. The Bertz CT molecular complexity index is 457. The van der Waals surface area contributed by atoms with Crippen LogP contribution in [0.2, 0.25) is 0 Å². The highest BCUT2D eigenvalue weighted by molar-refractivity contribution is 5.97. The van der Waals surface area contributed by atoms with Gasteiger partial charge < -0.3 is 15.4 Å². The molecule has 1 aliphatic heterocycles. The summed E-state index contributed by atoms with van der Waals surface area (Å²) < 4.78 is 5.81. The van der Waals surface area contributed by atoms with Gasteiger partial charge in [-0.1, -0.05) is 0 Å². The van der Waals surface area contributed by atoms with Crippen LogP contribution in [0.1, 0.15) is 12.8 Å². The van der Waals surface area contributed by atoms with Crippen molar-refractivity contribution in [2.45, 2.75) is 18.9 Å². The van der Waals surface area contributed by atoms with Gasteiger partial charge in [0.1, 0.15) is 0 Å². The molecule has 1 atom stereocenters. The zero-order valence-electron chi connectivity index (χ0n) is 9.69. The minimum atomic E-state index is -0.397. The van der Waals surface area contributed by atoms with E-state index in [1.165, 1.54) is 0 Å². The van der Waals surface area contributed by atoms with Crippen molar-refractivity contribution in [3.8, 4) is 5.75 Å². The number of amides is 1. The van der Waals surface area contributed by atoms with Gasteiger partial charge in [-0.25, -0.2) is 4.98 Å². The van der Waals surface area contributed by atoms with E-state index in [2.05, 4.69) is 15.6 Å². The van der Waals surface area contributed by atoms with Crippen LogP contribution in [-0.2, 0) is 4.79 Å². The summed E-state index contributed by atoms with van der Waals surface area (Å²) in [5, 5.41) is 5.95. The molecular formula is C12H15N3O2. The van der Waals surface area contributed by atoms with Crippen molar-refractivity contribution in [1.29, 1.82) is 0 Å². The van der Waals surface area contributed by atoms with Crippen molar-refractivity contribution in [3.05, 3.63) is 18.3 Å². The Morgan fingerprint density at radius 3 is 3.18 bits per heavy atom. The molecule has 90 valence electrons. The number of hydrogen-bond donors (Lipinski definition) is 2. The van der Waals surface area contributed by atoms with Crippen LogP contribution in [0.5, 0.6) is 5.75 Å². The lowest BCUT2D eigenvalue weighted by Crippen LogP contribution is -2.47. The molecule has 1 aromatic rings. The molecule has 1 saturated carbocycles. The van der Waals surface area contributed by atoms with Gasteiger partial charge in [0.25, 0.3) is 5.91 Å². The van der Waals surface area contributed by atoms with Gasteiger partial charge in [-0.15, -0.1) is 0 Å². The second kappa shape index (κ2) is 3.70. The van der Waals surface area contributed by atoms with Gasteiger partial charge in [-0.05, 0) is 32.0 Å². The lowest BCUT2D eigenvalue weighted by molar-refractivity contribution is -0.126. The number of carbonyl (C=O) groups excluding carboxylic acids is 1. The topological polar surface area (TPSA) is 63.2 Å². The van der Waals surface area contributed by atoms with Gasteiger partial charge >= 0.3 is 0 Å². The van der Waals surface area contributed by atoms with Crippen LogP contribution in [-0.4, -0.2) is 30.6 Å². The fourth-order valence-corrected chi connectivity index (χ4v) is 2.39. The standard InChI is InChI=1S/C12H15N3O2/c1-13-7-12(4-5-12)9-11(16)15-10-8(17-9)3-2-6-14-10/h2-3,6,9,13H,4-5,7H2,1H3,(H,14,15,16). The van der Waals surface area contributed by atoms with Gasteiger partial charge in [0, 0.05) is 18.2 Å². The number of anilines is 1. The number of rotatable bonds is 3. The first-order valence-electron chi connectivity index (χ1n) is 5.82. The SMILES string of the molecule is CNCC1(C2Oc3cccnc3NC2=O)CC1. The van der Waals surface area contributed by atoms with Crippen molar-refractivity contribution in [3.63, 3.8) is 0 Å². The molecule has 3 rings (SSSR count). The fraction of sp³-hybridized carbons (Fsp3) is 0.500. The van der Waals surface area contributed by atoms with Crippen LogP contribution in [0.4, 0.5) is 5.82 Å². The maximum Gasteiger partial charge on any atom is 0.267 e. The first-order chi connectivity index (χ1) is 8.25. The Kier molecular flexibility index (Phi) is 2.29.